The largest absolute Gasteiger partial charge is 0.416 e. The summed E-state index contributed by atoms with van der Waals surface area (Å²) in [5.74, 6) is -0.170. The lowest BCUT2D eigenvalue weighted by Crippen LogP contribution is -2.11. The molecule has 0 saturated carbocycles. The Kier molecular flexibility index (Phi) is 5.08. The third-order valence-electron chi connectivity index (χ3n) is 3.41. The fraction of sp³-hybridized carbons (Fsp3) is 0.375. The van der Waals surface area contributed by atoms with Crippen molar-refractivity contribution in [3.05, 3.63) is 35.5 Å². The van der Waals surface area contributed by atoms with E-state index >= 15 is 0 Å². The van der Waals surface area contributed by atoms with Crippen LogP contribution in [0.2, 0.25) is 0 Å². The van der Waals surface area contributed by atoms with Crippen LogP contribution in [0.5, 0.6) is 0 Å². The zero-order chi connectivity index (χ0) is 17.0. The zero-order valence-corrected chi connectivity index (χ0v) is 12.9. The number of amides is 1. The van der Waals surface area contributed by atoms with Crippen LogP contribution >= 0.6 is 0 Å². The molecule has 0 atom stereocenters. The number of carbonyl (C=O) groups excluding carboxylic acids is 1. The fourth-order valence-corrected chi connectivity index (χ4v) is 2.20. The Balaban J connectivity index is 2.40. The molecule has 0 saturated heterocycles. The SMILES string of the molecule is CCCc1[nH]nc(-c2ccc(C(F)(F)F)cc2)c1NC(=O)CC. The number of nitrogens with one attached hydrogen (secondary N) is 2. The monoisotopic (exact) mass is 325 g/mol. The number of aromatic nitrogens is 2. The molecule has 23 heavy (non-hydrogen) atoms. The predicted octanol–water partition coefficient (Wildman–Crippen LogP) is 4.40. The van der Waals surface area contributed by atoms with Crippen LogP contribution < -0.4 is 5.32 Å². The first-order valence-corrected chi connectivity index (χ1v) is 7.41. The number of rotatable bonds is 5. The molecule has 0 spiro atoms. The van der Waals surface area contributed by atoms with Gasteiger partial charge in [-0.05, 0) is 18.6 Å². The third-order valence-corrected chi connectivity index (χ3v) is 3.41. The van der Waals surface area contributed by atoms with Gasteiger partial charge in [-0.25, -0.2) is 0 Å². The molecule has 0 fully saturated rings. The van der Waals surface area contributed by atoms with Gasteiger partial charge in [0.1, 0.15) is 5.69 Å². The highest BCUT2D eigenvalue weighted by molar-refractivity contribution is 5.95. The molecular weight excluding hydrogens is 307 g/mol. The number of anilines is 1. The first-order valence-electron chi connectivity index (χ1n) is 7.41. The number of carbonyl (C=O) groups is 1. The van der Waals surface area contributed by atoms with Gasteiger partial charge in [-0.2, -0.15) is 18.3 Å². The van der Waals surface area contributed by atoms with Gasteiger partial charge in [-0.15, -0.1) is 0 Å². The second kappa shape index (κ2) is 6.85. The lowest BCUT2D eigenvalue weighted by Gasteiger charge is -2.09. The summed E-state index contributed by atoms with van der Waals surface area (Å²) >= 11 is 0. The van der Waals surface area contributed by atoms with Crippen molar-refractivity contribution in [2.24, 2.45) is 0 Å². The number of alkyl halides is 3. The molecule has 0 aliphatic carbocycles. The van der Waals surface area contributed by atoms with E-state index in [0.717, 1.165) is 24.2 Å². The molecule has 0 aliphatic heterocycles. The van der Waals surface area contributed by atoms with E-state index in [1.54, 1.807) is 6.92 Å². The lowest BCUT2D eigenvalue weighted by molar-refractivity contribution is -0.137. The summed E-state index contributed by atoms with van der Waals surface area (Å²) in [5.41, 5.74) is 1.55. The maximum atomic E-state index is 12.6. The van der Waals surface area contributed by atoms with Crippen molar-refractivity contribution in [3.63, 3.8) is 0 Å². The Morgan fingerprint density at radius 3 is 2.39 bits per heavy atom. The smallest absolute Gasteiger partial charge is 0.323 e. The Morgan fingerprint density at radius 2 is 1.87 bits per heavy atom. The Hall–Kier alpha value is -2.31. The fourth-order valence-electron chi connectivity index (χ4n) is 2.20. The lowest BCUT2D eigenvalue weighted by atomic mass is 10.1. The van der Waals surface area contributed by atoms with Gasteiger partial charge in [-0.3, -0.25) is 9.89 Å². The van der Waals surface area contributed by atoms with Crippen LogP contribution in [0.1, 0.15) is 37.9 Å². The molecule has 124 valence electrons. The van der Waals surface area contributed by atoms with Gasteiger partial charge >= 0.3 is 6.18 Å². The van der Waals surface area contributed by atoms with Gasteiger partial charge in [0.2, 0.25) is 5.91 Å². The second-order valence-corrected chi connectivity index (χ2v) is 5.15. The summed E-state index contributed by atoms with van der Waals surface area (Å²) in [6, 6.07) is 4.73. The van der Waals surface area contributed by atoms with E-state index in [9.17, 15) is 18.0 Å². The summed E-state index contributed by atoms with van der Waals surface area (Å²) in [5, 5.41) is 9.81. The summed E-state index contributed by atoms with van der Waals surface area (Å²) in [6.07, 6.45) is -2.53. The van der Waals surface area contributed by atoms with Crippen LogP contribution in [-0.2, 0) is 17.4 Å². The molecule has 1 heterocycles. The minimum absolute atomic E-state index is 0.170. The van der Waals surface area contributed by atoms with E-state index in [2.05, 4.69) is 15.5 Å². The summed E-state index contributed by atoms with van der Waals surface area (Å²) in [4.78, 5) is 11.7. The van der Waals surface area contributed by atoms with Crippen molar-refractivity contribution < 1.29 is 18.0 Å². The number of halogens is 3. The maximum Gasteiger partial charge on any atom is 0.416 e. The van der Waals surface area contributed by atoms with Crippen molar-refractivity contribution in [1.82, 2.24) is 10.2 Å². The molecule has 2 N–H and O–H groups in total. The molecule has 0 radical (unpaired) electrons. The van der Waals surface area contributed by atoms with Gasteiger partial charge in [0.15, 0.2) is 0 Å². The van der Waals surface area contributed by atoms with E-state index in [1.165, 1.54) is 12.1 Å². The first-order chi connectivity index (χ1) is 10.9. The number of aryl methyl sites for hydroxylation is 1. The van der Waals surface area contributed by atoms with E-state index in [-0.39, 0.29) is 5.91 Å². The van der Waals surface area contributed by atoms with Crippen LogP contribution in [0, 0.1) is 0 Å². The number of hydrogen-bond donors (Lipinski definition) is 2. The molecule has 4 nitrogen and oxygen atoms in total. The van der Waals surface area contributed by atoms with Crippen LogP contribution in [0.3, 0.4) is 0 Å². The van der Waals surface area contributed by atoms with Crippen molar-refractivity contribution in [1.29, 1.82) is 0 Å². The van der Waals surface area contributed by atoms with E-state index in [4.69, 9.17) is 0 Å². The molecule has 1 aromatic heterocycles. The van der Waals surface area contributed by atoms with Crippen LogP contribution in [-0.4, -0.2) is 16.1 Å². The van der Waals surface area contributed by atoms with Gasteiger partial charge in [0, 0.05) is 12.0 Å². The number of hydrogen-bond acceptors (Lipinski definition) is 2. The van der Waals surface area contributed by atoms with E-state index in [0.29, 0.717) is 29.8 Å². The number of nitrogens with zero attached hydrogens (tertiary/aromatic N) is 1. The molecule has 0 bridgehead atoms. The molecule has 2 aromatic rings. The van der Waals surface area contributed by atoms with Crippen LogP contribution in [0.25, 0.3) is 11.3 Å². The van der Waals surface area contributed by atoms with Gasteiger partial charge in [0.05, 0.1) is 16.9 Å². The highest BCUT2D eigenvalue weighted by atomic mass is 19.4. The topological polar surface area (TPSA) is 57.8 Å². The van der Waals surface area contributed by atoms with Crippen LogP contribution in [0.4, 0.5) is 18.9 Å². The minimum atomic E-state index is -4.38. The van der Waals surface area contributed by atoms with Gasteiger partial charge < -0.3 is 5.32 Å². The van der Waals surface area contributed by atoms with E-state index < -0.39 is 11.7 Å². The molecule has 1 aromatic carbocycles. The average Bonchev–Trinajstić information content (AvgIpc) is 2.89. The summed E-state index contributed by atoms with van der Waals surface area (Å²) in [7, 11) is 0. The van der Waals surface area contributed by atoms with Gasteiger partial charge in [0.25, 0.3) is 0 Å². The van der Waals surface area contributed by atoms with Crippen LogP contribution in [0.15, 0.2) is 24.3 Å². The number of H-pyrrole nitrogens is 1. The molecule has 0 aliphatic rings. The standard InChI is InChI=1S/C16H18F3N3O/c1-3-5-12-15(20-13(23)4-2)14(22-21-12)10-6-8-11(9-7-10)16(17,18)19/h6-9H,3-5H2,1-2H3,(H,20,23)(H,21,22). The van der Waals surface area contributed by atoms with E-state index in [1.807, 2.05) is 6.92 Å². The zero-order valence-electron chi connectivity index (χ0n) is 12.9. The quantitative estimate of drug-likeness (QED) is 0.856. The summed E-state index contributed by atoms with van der Waals surface area (Å²) in [6.45, 7) is 3.72. The van der Waals surface area contributed by atoms with Gasteiger partial charge in [-0.1, -0.05) is 32.4 Å². The highest BCUT2D eigenvalue weighted by Gasteiger charge is 2.30. The number of benzene rings is 1. The normalized spacial score (nSPS) is 11.5. The highest BCUT2D eigenvalue weighted by Crippen LogP contribution is 2.33. The van der Waals surface area contributed by atoms with Crippen molar-refractivity contribution in [2.45, 2.75) is 39.3 Å². The molecule has 2 rings (SSSR count). The van der Waals surface area contributed by atoms with Crippen molar-refractivity contribution in [2.75, 3.05) is 5.32 Å². The minimum Gasteiger partial charge on any atom is -0.323 e. The van der Waals surface area contributed by atoms with Crippen molar-refractivity contribution in [3.8, 4) is 11.3 Å². The Bertz CT molecular complexity index is 675. The molecular formula is C16H18F3N3O. The Labute approximate surface area is 132 Å². The number of aromatic amines is 1. The Morgan fingerprint density at radius 1 is 1.22 bits per heavy atom. The third kappa shape index (κ3) is 3.91. The molecule has 1 amide bonds. The predicted molar refractivity (Wildman–Crippen MR) is 81.9 cm³/mol. The second-order valence-electron chi connectivity index (χ2n) is 5.15. The molecule has 0 unspecified atom stereocenters. The summed E-state index contributed by atoms with van der Waals surface area (Å²) < 4.78 is 37.9. The van der Waals surface area contributed by atoms with Crippen molar-refractivity contribution >= 4 is 11.6 Å². The average molecular weight is 325 g/mol. The molecule has 7 heteroatoms. The first kappa shape index (κ1) is 17.1. The maximum absolute atomic E-state index is 12.6.